The maximum Gasteiger partial charge on any atom is 0.191 e. The van der Waals surface area contributed by atoms with E-state index in [0.717, 1.165) is 24.5 Å². The Bertz CT molecular complexity index is 513. The fourth-order valence-electron chi connectivity index (χ4n) is 2.06. The van der Waals surface area contributed by atoms with Crippen LogP contribution < -0.4 is 10.6 Å². The van der Waals surface area contributed by atoms with Crippen molar-refractivity contribution in [1.82, 2.24) is 10.6 Å². The quantitative estimate of drug-likeness (QED) is 0.372. The van der Waals surface area contributed by atoms with Crippen molar-refractivity contribution >= 4 is 29.2 Å². The third kappa shape index (κ3) is 8.20. The molecule has 0 radical (unpaired) electrons. The minimum absolute atomic E-state index is 0.0190. The van der Waals surface area contributed by atoms with Gasteiger partial charge in [0, 0.05) is 36.9 Å². The molecular formula is C17H27Cl2N3O2. The summed E-state index contributed by atoms with van der Waals surface area (Å²) in [5.41, 5.74) is 0.981. The van der Waals surface area contributed by atoms with Crippen LogP contribution in [0.15, 0.2) is 23.2 Å². The lowest BCUT2D eigenvalue weighted by Gasteiger charge is -2.19. The van der Waals surface area contributed by atoms with Crippen molar-refractivity contribution in [2.75, 3.05) is 40.0 Å². The van der Waals surface area contributed by atoms with E-state index in [9.17, 15) is 0 Å². The summed E-state index contributed by atoms with van der Waals surface area (Å²) >= 11 is 12.2. The summed E-state index contributed by atoms with van der Waals surface area (Å²) in [4.78, 5) is 4.56. The van der Waals surface area contributed by atoms with Gasteiger partial charge in [0.05, 0.1) is 19.3 Å². The molecule has 1 aromatic rings. The number of guanidine groups is 1. The van der Waals surface area contributed by atoms with E-state index in [1.807, 2.05) is 26.0 Å². The second-order valence-corrected chi connectivity index (χ2v) is 6.09. The Morgan fingerprint density at radius 1 is 1.25 bits per heavy atom. The van der Waals surface area contributed by atoms with Crippen molar-refractivity contribution in [2.45, 2.75) is 26.3 Å². The molecule has 2 N–H and O–H groups in total. The first-order chi connectivity index (χ1) is 11.6. The fraction of sp³-hybridized carbons (Fsp3) is 0.588. The number of ether oxygens (including phenoxy) is 2. The van der Waals surface area contributed by atoms with Crippen LogP contribution in [0.2, 0.25) is 10.0 Å². The Morgan fingerprint density at radius 2 is 2.04 bits per heavy atom. The molecule has 24 heavy (non-hydrogen) atoms. The van der Waals surface area contributed by atoms with Gasteiger partial charge >= 0.3 is 0 Å². The summed E-state index contributed by atoms with van der Waals surface area (Å²) in [5.74, 6) is 0.757. The number of rotatable bonds is 10. The highest BCUT2D eigenvalue weighted by atomic mass is 35.5. The minimum atomic E-state index is 0.0190. The molecule has 1 unspecified atom stereocenters. The number of nitrogens with zero attached hydrogens (tertiary/aromatic N) is 1. The normalized spacial score (nSPS) is 13.0. The van der Waals surface area contributed by atoms with E-state index in [1.54, 1.807) is 13.2 Å². The van der Waals surface area contributed by atoms with Gasteiger partial charge in [0.1, 0.15) is 0 Å². The lowest BCUT2D eigenvalue weighted by Crippen LogP contribution is -2.39. The van der Waals surface area contributed by atoms with Crippen molar-refractivity contribution < 1.29 is 9.47 Å². The lowest BCUT2D eigenvalue weighted by molar-refractivity contribution is 0.0702. The van der Waals surface area contributed by atoms with Gasteiger partial charge in [-0.2, -0.15) is 0 Å². The Hall–Kier alpha value is -1.01. The first-order valence-corrected chi connectivity index (χ1v) is 8.90. The van der Waals surface area contributed by atoms with Crippen molar-refractivity contribution in [3.63, 3.8) is 0 Å². The Balaban J connectivity index is 2.50. The smallest absolute Gasteiger partial charge is 0.191 e. The second-order valence-electron chi connectivity index (χ2n) is 5.25. The van der Waals surface area contributed by atoms with E-state index >= 15 is 0 Å². The molecule has 0 heterocycles. The first kappa shape index (κ1) is 21.0. The monoisotopic (exact) mass is 375 g/mol. The van der Waals surface area contributed by atoms with E-state index in [-0.39, 0.29) is 6.04 Å². The number of halogens is 2. The van der Waals surface area contributed by atoms with Gasteiger partial charge in [-0.15, -0.1) is 0 Å². The summed E-state index contributed by atoms with van der Waals surface area (Å²) in [6.07, 6.45) is 0.858. The van der Waals surface area contributed by atoms with Gasteiger partial charge < -0.3 is 20.1 Å². The van der Waals surface area contributed by atoms with Crippen molar-refractivity contribution in [3.05, 3.63) is 33.8 Å². The van der Waals surface area contributed by atoms with Crippen LogP contribution in [-0.4, -0.2) is 46.0 Å². The zero-order valence-corrected chi connectivity index (χ0v) is 16.1. The predicted molar refractivity (Wildman–Crippen MR) is 101 cm³/mol. The molecule has 5 nitrogen and oxygen atoms in total. The van der Waals surface area contributed by atoms with Crippen LogP contribution in [-0.2, 0) is 9.47 Å². The van der Waals surface area contributed by atoms with Gasteiger partial charge in [0.15, 0.2) is 5.96 Å². The summed E-state index contributed by atoms with van der Waals surface area (Å²) in [6.45, 7) is 7.45. The molecule has 0 saturated heterocycles. The van der Waals surface area contributed by atoms with Crippen LogP contribution >= 0.6 is 23.2 Å². The van der Waals surface area contributed by atoms with E-state index < -0.39 is 0 Å². The molecule has 7 heteroatoms. The lowest BCUT2D eigenvalue weighted by atomic mass is 10.1. The molecule has 0 amide bonds. The molecule has 0 aliphatic heterocycles. The highest BCUT2D eigenvalue weighted by Crippen LogP contribution is 2.25. The summed E-state index contributed by atoms with van der Waals surface area (Å²) in [6, 6.07) is 5.53. The summed E-state index contributed by atoms with van der Waals surface area (Å²) in [7, 11) is 1.66. The first-order valence-electron chi connectivity index (χ1n) is 8.15. The molecule has 0 fully saturated rings. The third-order valence-corrected chi connectivity index (χ3v) is 3.84. The summed E-state index contributed by atoms with van der Waals surface area (Å²) < 4.78 is 10.4. The largest absolute Gasteiger partial charge is 0.382 e. The molecular weight excluding hydrogens is 349 g/mol. The molecule has 1 aromatic carbocycles. The highest BCUT2D eigenvalue weighted by Gasteiger charge is 2.11. The van der Waals surface area contributed by atoms with Gasteiger partial charge in [-0.3, -0.25) is 4.99 Å². The number of methoxy groups -OCH3 is 1. The summed E-state index contributed by atoms with van der Waals surface area (Å²) in [5, 5.41) is 7.86. The minimum Gasteiger partial charge on any atom is -0.382 e. The Kier molecular flexibility index (Phi) is 10.8. The van der Waals surface area contributed by atoms with E-state index in [0.29, 0.717) is 36.4 Å². The number of aliphatic imine (C=N–C) groups is 1. The van der Waals surface area contributed by atoms with Gasteiger partial charge in [-0.25, -0.2) is 0 Å². The van der Waals surface area contributed by atoms with Gasteiger partial charge in [0.2, 0.25) is 0 Å². The molecule has 1 atom stereocenters. The SMILES string of the molecule is CCNC(=NCCCOCCOC)NC(C)c1ccc(Cl)cc1Cl. The highest BCUT2D eigenvalue weighted by molar-refractivity contribution is 6.35. The van der Waals surface area contributed by atoms with Crippen molar-refractivity contribution in [1.29, 1.82) is 0 Å². The molecule has 1 rings (SSSR count). The predicted octanol–water partition coefficient (Wildman–Crippen LogP) is 3.66. The topological polar surface area (TPSA) is 54.9 Å². The van der Waals surface area contributed by atoms with Gasteiger partial charge in [-0.05, 0) is 38.0 Å². The molecule has 0 aliphatic rings. The van der Waals surface area contributed by atoms with Crippen molar-refractivity contribution in [3.8, 4) is 0 Å². The molecule has 0 saturated carbocycles. The Morgan fingerprint density at radius 3 is 2.71 bits per heavy atom. The number of hydrogen-bond donors (Lipinski definition) is 2. The van der Waals surface area contributed by atoms with Gasteiger partial charge in [0.25, 0.3) is 0 Å². The number of benzene rings is 1. The maximum absolute atomic E-state index is 6.26. The van der Waals surface area contributed by atoms with E-state index in [4.69, 9.17) is 32.7 Å². The number of hydrogen-bond acceptors (Lipinski definition) is 3. The van der Waals surface area contributed by atoms with Crippen LogP contribution in [0.25, 0.3) is 0 Å². The second kappa shape index (κ2) is 12.4. The Labute approximate surface area is 154 Å². The zero-order chi connectivity index (χ0) is 17.8. The molecule has 0 spiro atoms. The fourth-order valence-corrected chi connectivity index (χ4v) is 2.63. The molecule has 0 aliphatic carbocycles. The van der Waals surface area contributed by atoms with Crippen LogP contribution in [0.5, 0.6) is 0 Å². The van der Waals surface area contributed by atoms with Gasteiger partial charge in [-0.1, -0.05) is 29.3 Å². The average Bonchev–Trinajstić information content (AvgIpc) is 2.54. The molecule has 0 aromatic heterocycles. The van der Waals surface area contributed by atoms with Crippen LogP contribution in [0.3, 0.4) is 0 Å². The maximum atomic E-state index is 6.26. The molecule has 136 valence electrons. The van der Waals surface area contributed by atoms with E-state index in [1.165, 1.54) is 0 Å². The van der Waals surface area contributed by atoms with Crippen LogP contribution in [0.1, 0.15) is 31.9 Å². The number of nitrogens with one attached hydrogen (secondary N) is 2. The standard InChI is InChI=1S/C17H27Cl2N3O2/c1-4-20-17(21-8-5-9-24-11-10-23-3)22-13(2)15-7-6-14(18)12-16(15)19/h6-7,12-13H,4-5,8-11H2,1-3H3,(H2,20,21,22). The van der Waals surface area contributed by atoms with Crippen molar-refractivity contribution in [2.24, 2.45) is 4.99 Å². The van der Waals surface area contributed by atoms with Crippen LogP contribution in [0, 0.1) is 0 Å². The van der Waals surface area contributed by atoms with Crippen LogP contribution in [0.4, 0.5) is 0 Å². The average molecular weight is 376 g/mol. The molecule has 0 bridgehead atoms. The zero-order valence-electron chi connectivity index (χ0n) is 14.6. The van der Waals surface area contributed by atoms with E-state index in [2.05, 4.69) is 15.6 Å². The third-order valence-electron chi connectivity index (χ3n) is 3.27.